The minimum Gasteiger partial charge on any atom is -0.392 e. The van der Waals surface area contributed by atoms with Crippen molar-refractivity contribution >= 4 is 15.5 Å². The number of sulfone groups is 1. The zero-order valence-electron chi connectivity index (χ0n) is 21.4. The van der Waals surface area contributed by atoms with Crippen LogP contribution in [0, 0.1) is 5.41 Å². The van der Waals surface area contributed by atoms with E-state index in [0.717, 1.165) is 42.5 Å². The summed E-state index contributed by atoms with van der Waals surface area (Å²) in [5.41, 5.74) is 2.88. The Morgan fingerprint density at radius 1 is 1.06 bits per heavy atom. The van der Waals surface area contributed by atoms with E-state index in [1.807, 2.05) is 49.3 Å². The van der Waals surface area contributed by atoms with Crippen LogP contribution >= 0.6 is 0 Å². The zero-order valence-corrected chi connectivity index (χ0v) is 22.2. The molecule has 2 aromatic carbocycles. The normalized spacial score (nSPS) is 21.0. The second kappa shape index (κ2) is 11.2. The molecule has 1 N–H and O–H groups in total. The first-order valence-electron chi connectivity index (χ1n) is 12.5. The molecule has 188 valence electrons. The number of unbranched alkanes of at least 4 members (excludes halogenated alkanes) is 2. The van der Waals surface area contributed by atoms with Gasteiger partial charge in [-0.3, -0.25) is 0 Å². The average molecular weight is 488 g/mol. The number of benzene rings is 2. The second-order valence-electron chi connectivity index (χ2n) is 10.0. The number of anilines is 1. The molecular formula is C28H41NO4S. The van der Waals surface area contributed by atoms with E-state index in [1.165, 1.54) is 0 Å². The molecule has 5 nitrogen and oxygen atoms in total. The molecule has 0 saturated heterocycles. The number of aliphatic hydroxyl groups is 1. The summed E-state index contributed by atoms with van der Waals surface area (Å²) in [6, 6.07) is 13.6. The first-order chi connectivity index (χ1) is 16.2. The molecule has 0 amide bonds. The van der Waals surface area contributed by atoms with Crippen LogP contribution in [0.2, 0.25) is 0 Å². The van der Waals surface area contributed by atoms with Crippen LogP contribution in [-0.2, 0) is 21.2 Å². The lowest BCUT2D eigenvalue weighted by Gasteiger charge is -2.40. The molecule has 2 atom stereocenters. The predicted octanol–water partition coefficient (Wildman–Crippen LogP) is 5.55. The highest BCUT2D eigenvalue weighted by Gasteiger charge is 2.49. The largest absolute Gasteiger partial charge is 0.392 e. The quantitative estimate of drug-likeness (QED) is 0.476. The molecule has 3 rings (SSSR count). The van der Waals surface area contributed by atoms with E-state index < -0.39 is 27.3 Å². The fourth-order valence-electron chi connectivity index (χ4n) is 5.43. The highest BCUT2D eigenvalue weighted by atomic mass is 32.2. The number of hydrogen-bond acceptors (Lipinski definition) is 5. The Labute approximate surface area is 206 Å². The Morgan fingerprint density at radius 2 is 1.74 bits per heavy atom. The van der Waals surface area contributed by atoms with Crippen LogP contribution in [0.15, 0.2) is 47.4 Å². The van der Waals surface area contributed by atoms with E-state index in [4.69, 9.17) is 4.74 Å². The molecule has 2 aromatic rings. The summed E-state index contributed by atoms with van der Waals surface area (Å²) in [6.07, 6.45) is 4.31. The fraction of sp³-hybridized carbons (Fsp3) is 0.571. The molecule has 1 heterocycles. The summed E-state index contributed by atoms with van der Waals surface area (Å²) in [5.74, 6) is -0.443. The Hall–Kier alpha value is -1.89. The van der Waals surface area contributed by atoms with Crippen molar-refractivity contribution < 1.29 is 18.3 Å². The standard InChI is InChI=1S/C28H41NO4S/c1-6-8-15-28(16-9-7-2)20-34(31,32)25-14-13-23(29(3)4)18-24(25)26(27(28)30)22-12-10-11-21(17-22)19-33-5/h10-14,17-18,26-27,30H,6-9,15-16,19-20H2,1-5H3/t26-,27-/m1/s1. The topological polar surface area (TPSA) is 66.8 Å². The van der Waals surface area contributed by atoms with Crippen LogP contribution in [0.1, 0.15) is 75.0 Å². The van der Waals surface area contributed by atoms with Gasteiger partial charge in [0.2, 0.25) is 0 Å². The Kier molecular flexibility index (Phi) is 8.82. The Bertz CT molecular complexity index is 1060. The van der Waals surface area contributed by atoms with Gasteiger partial charge in [-0.2, -0.15) is 0 Å². The van der Waals surface area contributed by atoms with Gasteiger partial charge in [0, 0.05) is 38.2 Å². The fourth-order valence-corrected chi connectivity index (χ4v) is 7.63. The van der Waals surface area contributed by atoms with E-state index >= 15 is 0 Å². The summed E-state index contributed by atoms with van der Waals surface area (Å²) in [5, 5.41) is 12.2. The number of aliphatic hydroxyl groups excluding tert-OH is 1. The maximum absolute atomic E-state index is 13.9. The maximum atomic E-state index is 13.9. The van der Waals surface area contributed by atoms with Gasteiger partial charge in [-0.15, -0.1) is 0 Å². The van der Waals surface area contributed by atoms with E-state index in [9.17, 15) is 13.5 Å². The van der Waals surface area contributed by atoms with Crippen molar-refractivity contribution in [2.24, 2.45) is 5.41 Å². The van der Waals surface area contributed by atoms with Gasteiger partial charge in [0.05, 0.1) is 23.4 Å². The molecular weight excluding hydrogens is 446 g/mol. The van der Waals surface area contributed by atoms with Gasteiger partial charge in [-0.25, -0.2) is 8.42 Å². The molecule has 0 spiro atoms. The molecule has 1 aliphatic rings. The summed E-state index contributed by atoms with van der Waals surface area (Å²) in [4.78, 5) is 2.33. The molecule has 0 bridgehead atoms. The molecule has 0 aliphatic carbocycles. The van der Waals surface area contributed by atoms with E-state index in [1.54, 1.807) is 13.2 Å². The minimum absolute atomic E-state index is 0.0102. The molecule has 1 aliphatic heterocycles. The van der Waals surface area contributed by atoms with Crippen molar-refractivity contribution in [3.63, 3.8) is 0 Å². The summed E-state index contributed by atoms with van der Waals surface area (Å²) < 4.78 is 33.1. The first kappa shape index (κ1) is 26.7. The van der Waals surface area contributed by atoms with Gasteiger partial charge in [0.1, 0.15) is 0 Å². The summed E-state index contributed by atoms with van der Waals surface area (Å²) >= 11 is 0. The average Bonchev–Trinajstić information content (AvgIpc) is 2.87. The van der Waals surface area contributed by atoms with Crippen molar-refractivity contribution in [3.8, 4) is 0 Å². The second-order valence-corrected chi connectivity index (χ2v) is 12.0. The third-order valence-electron chi connectivity index (χ3n) is 7.28. The van der Waals surface area contributed by atoms with Gasteiger partial charge in [0.25, 0.3) is 0 Å². The third-order valence-corrected chi connectivity index (χ3v) is 9.27. The van der Waals surface area contributed by atoms with Crippen molar-refractivity contribution in [3.05, 3.63) is 59.2 Å². The van der Waals surface area contributed by atoms with E-state index in [0.29, 0.717) is 29.9 Å². The number of hydrogen-bond donors (Lipinski definition) is 1. The number of methoxy groups -OCH3 is 1. The lowest BCUT2D eigenvalue weighted by atomic mass is 9.68. The number of fused-ring (bicyclic) bond motifs is 1. The third kappa shape index (κ3) is 5.50. The van der Waals surface area contributed by atoms with Crippen LogP contribution in [0.4, 0.5) is 5.69 Å². The molecule has 0 saturated carbocycles. The summed E-state index contributed by atoms with van der Waals surface area (Å²) in [7, 11) is 1.98. The lowest BCUT2D eigenvalue weighted by molar-refractivity contribution is 0.0127. The van der Waals surface area contributed by atoms with E-state index in [-0.39, 0.29) is 5.75 Å². The van der Waals surface area contributed by atoms with Crippen LogP contribution in [0.3, 0.4) is 0 Å². The molecule has 0 unspecified atom stereocenters. The van der Waals surface area contributed by atoms with Gasteiger partial charge < -0.3 is 14.7 Å². The zero-order chi connectivity index (χ0) is 24.9. The van der Waals surface area contributed by atoms with Crippen LogP contribution < -0.4 is 4.90 Å². The Morgan fingerprint density at radius 3 is 2.32 bits per heavy atom. The number of nitrogens with zero attached hydrogens (tertiary/aromatic N) is 1. The van der Waals surface area contributed by atoms with Crippen molar-refractivity contribution in [1.82, 2.24) is 0 Å². The lowest BCUT2D eigenvalue weighted by Crippen LogP contribution is -2.43. The van der Waals surface area contributed by atoms with Gasteiger partial charge in [-0.1, -0.05) is 63.8 Å². The SMILES string of the molecule is CCCCC1(CCCC)CS(=O)(=O)c2ccc(N(C)C)cc2[C@@H](c2cccc(COC)c2)[C@H]1O. The molecule has 0 fully saturated rings. The highest BCUT2D eigenvalue weighted by Crippen LogP contribution is 2.50. The van der Waals surface area contributed by atoms with Gasteiger partial charge in [0.15, 0.2) is 9.84 Å². The van der Waals surface area contributed by atoms with E-state index in [2.05, 4.69) is 19.9 Å². The maximum Gasteiger partial charge on any atom is 0.179 e. The molecule has 34 heavy (non-hydrogen) atoms. The Balaban J connectivity index is 2.30. The predicted molar refractivity (Wildman–Crippen MR) is 139 cm³/mol. The molecule has 0 radical (unpaired) electrons. The van der Waals surface area contributed by atoms with Crippen LogP contribution in [-0.4, -0.2) is 46.6 Å². The smallest absolute Gasteiger partial charge is 0.179 e. The monoisotopic (exact) mass is 487 g/mol. The molecule has 6 heteroatoms. The van der Waals surface area contributed by atoms with Crippen LogP contribution in [0.5, 0.6) is 0 Å². The van der Waals surface area contributed by atoms with Crippen molar-refractivity contribution in [2.75, 3.05) is 31.9 Å². The van der Waals surface area contributed by atoms with Crippen molar-refractivity contribution in [1.29, 1.82) is 0 Å². The van der Waals surface area contributed by atoms with Gasteiger partial charge in [-0.05, 0) is 47.7 Å². The van der Waals surface area contributed by atoms with Gasteiger partial charge >= 0.3 is 0 Å². The first-order valence-corrected chi connectivity index (χ1v) is 14.1. The molecule has 0 aromatic heterocycles. The minimum atomic E-state index is -3.59. The van der Waals surface area contributed by atoms with Crippen molar-refractivity contribution in [2.45, 2.75) is 75.9 Å². The van der Waals surface area contributed by atoms with Crippen LogP contribution in [0.25, 0.3) is 0 Å². The number of rotatable bonds is 10. The summed E-state index contributed by atoms with van der Waals surface area (Å²) in [6.45, 7) is 4.71. The highest BCUT2D eigenvalue weighted by molar-refractivity contribution is 7.91. The number of ether oxygens (including phenoxy) is 1.